The number of fused-ring (bicyclic) bond motifs is 2. The van der Waals surface area contributed by atoms with E-state index in [1.807, 2.05) is 30.5 Å². The van der Waals surface area contributed by atoms with Crippen LogP contribution < -0.4 is 10.3 Å². The summed E-state index contributed by atoms with van der Waals surface area (Å²) in [4.78, 5) is 25.8. The average molecular weight is 324 g/mol. The smallest absolute Gasteiger partial charge is 0.258 e. The van der Waals surface area contributed by atoms with E-state index in [2.05, 4.69) is 15.0 Å². The van der Waals surface area contributed by atoms with Crippen molar-refractivity contribution in [3.05, 3.63) is 63.8 Å². The minimum absolute atomic E-state index is 0.124. The first-order chi connectivity index (χ1) is 11.2. The zero-order valence-corrected chi connectivity index (χ0v) is 13.1. The van der Waals surface area contributed by atoms with E-state index in [1.54, 1.807) is 6.20 Å². The molecule has 0 unspecified atom stereocenters. The predicted octanol–water partition coefficient (Wildman–Crippen LogP) is 2.59. The molecule has 0 spiro atoms. The van der Waals surface area contributed by atoms with Crippen LogP contribution in [0.25, 0.3) is 15.9 Å². The fourth-order valence-corrected chi connectivity index (χ4v) is 3.08. The third kappa shape index (κ3) is 2.55. The molecule has 4 aromatic rings. The van der Waals surface area contributed by atoms with Crippen molar-refractivity contribution >= 4 is 27.2 Å². The van der Waals surface area contributed by atoms with Gasteiger partial charge in [-0.05, 0) is 30.0 Å². The van der Waals surface area contributed by atoms with Crippen molar-refractivity contribution in [1.82, 2.24) is 19.4 Å². The molecule has 4 heterocycles. The molecule has 6 nitrogen and oxygen atoms in total. The molecule has 0 fully saturated rings. The number of thiophene rings is 1. The van der Waals surface area contributed by atoms with E-state index in [4.69, 9.17) is 4.74 Å². The number of nitrogens with zero attached hydrogens (tertiary/aromatic N) is 4. The zero-order valence-electron chi connectivity index (χ0n) is 12.3. The average Bonchev–Trinajstić information content (AvgIpc) is 3.03. The Balaban J connectivity index is 1.67. The van der Waals surface area contributed by atoms with Gasteiger partial charge in [-0.25, -0.2) is 15.0 Å². The second-order valence-corrected chi connectivity index (χ2v) is 6.02. The van der Waals surface area contributed by atoms with Crippen molar-refractivity contribution < 1.29 is 4.74 Å². The second kappa shape index (κ2) is 5.44. The maximum atomic E-state index is 12.2. The summed E-state index contributed by atoms with van der Waals surface area (Å²) in [5, 5.41) is 2.81. The Morgan fingerprint density at radius 1 is 1.26 bits per heavy atom. The van der Waals surface area contributed by atoms with Gasteiger partial charge in [0, 0.05) is 12.3 Å². The van der Waals surface area contributed by atoms with Crippen LogP contribution in [-0.2, 0) is 6.61 Å². The van der Waals surface area contributed by atoms with E-state index >= 15 is 0 Å². The van der Waals surface area contributed by atoms with Gasteiger partial charge in [-0.2, -0.15) is 0 Å². The van der Waals surface area contributed by atoms with Crippen molar-refractivity contribution in [1.29, 1.82) is 0 Å². The molecule has 0 aliphatic carbocycles. The van der Waals surface area contributed by atoms with Crippen molar-refractivity contribution in [2.75, 3.05) is 0 Å². The molecule has 0 radical (unpaired) electrons. The topological polar surface area (TPSA) is 69.4 Å². The van der Waals surface area contributed by atoms with Crippen molar-refractivity contribution in [3.8, 4) is 5.88 Å². The molecule has 0 atom stereocenters. The Bertz CT molecular complexity index is 1070. The Labute approximate surface area is 135 Å². The van der Waals surface area contributed by atoms with Crippen LogP contribution in [-0.4, -0.2) is 19.4 Å². The van der Waals surface area contributed by atoms with E-state index in [0.717, 1.165) is 15.8 Å². The lowest BCUT2D eigenvalue weighted by Crippen LogP contribution is -2.16. The van der Waals surface area contributed by atoms with Crippen LogP contribution in [0.5, 0.6) is 5.88 Å². The Morgan fingerprint density at radius 2 is 2.17 bits per heavy atom. The van der Waals surface area contributed by atoms with E-state index in [0.29, 0.717) is 17.2 Å². The zero-order chi connectivity index (χ0) is 15.8. The summed E-state index contributed by atoms with van der Waals surface area (Å²) in [5.74, 6) is 0.502. The monoisotopic (exact) mass is 324 g/mol. The summed E-state index contributed by atoms with van der Waals surface area (Å²) in [5.41, 5.74) is 2.05. The first kappa shape index (κ1) is 13.8. The summed E-state index contributed by atoms with van der Waals surface area (Å²) >= 11 is 1.53. The molecule has 0 saturated carbocycles. The lowest BCUT2D eigenvalue weighted by Gasteiger charge is -2.07. The van der Waals surface area contributed by atoms with Crippen molar-refractivity contribution in [3.63, 3.8) is 0 Å². The molecule has 7 heteroatoms. The summed E-state index contributed by atoms with van der Waals surface area (Å²) in [6.07, 6.45) is 3.24. The Morgan fingerprint density at radius 3 is 3.09 bits per heavy atom. The number of aromatic nitrogens is 4. The highest BCUT2D eigenvalue weighted by Crippen LogP contribution is 2.25. The molecule has 0 N–H and O–H groups in total. The predicted molar refractivity (Wildman–Crippen MR) is 87.9 cm³/mol. The molecule has 23 heavy (non-hydrogen) atoms. The number of hydrogen-bond donors (Lipinski definition) is 0. The van der Waals surface area contributed by atoms with Gasteiger partial charge < -0.3 is 4.74 Å². The van der Waals surface area contributed by atoms with Gasteiger partial charge in [-0.3, -0.25) is 9.20 Å². The van der Waals surface area contributed by atoms with Crippen LogP contribution >= 0.6 is 11.3 Å². The molecule has 0 bridgehead atoms. The van der Waals surface area contributed by atoms with Gasteiger partial charge in [0.05, 0.1) is 11.1 Å². The van der Waals surface area contributed by atoms with Crippen LogP contribution in [0.4, 0.5) is 0 Å². The minimum Gasteiger partial charge on any atom is -0.471 e. The van der Waals surface area contributed by atoms with E-state index in [-0.39, 0.29) is 12.2 Å². The van der Waals surface area contributed by atoms with Gasteiger partial charge in [0.1, 0.15) is 23.4 Å². The van der Waals surface area contributed by atoms with E-state index < -0.39 is 0 Å². The highest BCUT2D eigenvalue weighted by atomic mass is 32.1. The number of hydrogen-bond acceptors (Lipinski definition) is 6. The van der Waals surface area contributed by atoms with Gasteiger partial charge in [0.2, 0.25) is 5.88 Å². The SMILES string of the molecule is Cc1ccc2nc(COc3ncnc4sccc34)cc(=O)n2c1. The van der Waals surface area contributed by atoms with Crippen molar-refractivity contribution in [2.45, 2.75) is 13.5 Å². The fourth-order valence-electron chi connectivity index (χ4n) is 2.36. The largest absolute Gasteiger partial charge is 0.471 e. The van der Waals surface area contributed by atoms with E-state index in [1.165, 1.54) is 28.1 Å². The summed E-state index contributed by atoms with van der Waals surface area (Å²) in [6, 6.07) is 7.15. The fraction of sp³-hybridized carbons (Fsp3) is 0.125. The molecule has 0 aromatic carbocycles. The standard InChI is InChI=1S/C16H12N4O2S/c1-10-2-3-13-19-11(6-14(21)20(13)7-10)8-22-15-12-4-5-23-16(12)18-9-17-15/h2-7,9H,8H2,1H3. The summed E-state index contributed by atoms with van der Waals surface area (Å²) in [6.45, 7) is 2.12. The highest BCUT2D eigenvalue weighted by molar-refractivity contribution is 7.16. The van der Waals surface area contributed by atoms with Crippen LogP contribution in [0.1, 0.15) is 11.3 Å². The van der Waals surface area contributed by atoms with E-state index in [9.17, 15) is 4.79 Å². The van der Waals surface area contributed by atoms with Crippen LogP contribution in [0.15, 0.2) is 47.0 Å². The van der Waals surface area contributed by atoms with Crippen molar-refractivity contribution in [2.24, 2.45) is 0 Å². The first-order valence-electron chi connectivity index (χ1n) is 7.01. The maximum Gasteiger partial charge on any atom is 0.258 e. The maximum absolute atomic E-state index is 12.2. The third-order valence-electron chi connectivity index (χ3n) is 3.44. The Kier molecular flexibility index (Phi) is 3.27. The molecule has 0 aliphatic heterocycles. The van der Waals surface area contributed by atoms with Gasteiger partial charge in [0.15, 0.2) is 0 Å². The van der Waals surface area contributed by atoms with Gasteiger partial charge in [0.25, 0.3) is 5.56 Å². The molecular formula is C16H12N4O2S. The second-order valence-electron chi connectivity index (χ2n) is 5.13. The van der Waals surface area contributed by atoms with Gasteiger partial charge in [-0.1, -0.05) is 6.07 Å². The molecule has 0 saturated heterocycles. The first-order valence-corrected chi connectivity index (χ1v) is 7.88. The van der Waals surface area contributed by atoms with Gasteiger partial charge >= 0.3 is 0 Å². The number of aryl methyl sites for hydroxylation is 1. The normalized spacial score (nSPS) is 11.2. The van der Waals surface area contributed by atoms with Gasteiger partial charge in [-0.15, -0.1) is 11.3 Å². The number of ether oxygens (including phenoxy) is 1. The lowest BCUT2D eigenvalue weighted by atomic mass is 10.3. The molecular weight excluding hydrogens is 312 g/mol. The van der Waals surface area contributed by atoms with Crippen LogP contribution in [0.3, 0.4) is 0 Å². The molecule has 0 aliphatic rings. The number of pyridine rings is 1. The molecule has 114 valence electrons. The van der Waals surface area contributed by atoms with Crippen LogP contribution in [0.2, 0.25) is 0 Å². The summed E-state index contributed by atoms with van der Waals surface area (Å²) in [7, 11) is 0. The molecule has 4 rings (SSSR count). The van der Waals surface area contributed by atoms with Crippen LogP contribution in [0, 0.1) is 6.92 Å². The summed E-state index contributed by atoms with van der Waals surface area (Å²) < 4.78 is 7.26. The molecule has 4 aromatic heterocycles. The quantitative estimate of drug-likeness (QED) is 0.579. The highest BCUT2D eigenvalue weighted by Gasteiger charge is 2.08. The minimum atomic E-state index is -0.124. The lowest BCUT2D eigenvalue weighted by molar-refractivity contribution is 0.293. The molecule has 0 amide bonds. The third-order valence-corrected chi connectivity index (χ3v) is 4.26. The number of rotatable bonds is 3. The Hall–Kier alpha value is -2.80.